The van der Waals surface area contributed by atoms with E-state index in [0.717, 1.165) is 30.8 Å². The van der Waals surface area contributed by atoms with E-state index in [4.69, 9.17) is 15.3 Å². The smallest absolute Gasteiger partial charge is 0.118 e. The Balaban J connectivity index is 2.47. The van der Waals surface area contributed by atoms with Crippen LogP contribution in [0, 0.1) is 0 Å². The van der Waals surface area contributed by atoms with E-state index in [-0.39, 0.29) is 6.04 Å². The van der Waals surface area contributed by atoms with Crippen molar-refractivity contribution in [2.45, 2.75) is 25.8 Å². The van der Waals surface area contributed by atoms with Gasteiger partial charge < -0.3 is 9.47 Å². The Kier molecular flexibility index (Phi) is 6.62. The van der Waals surface area contributed by atoms with Crippen molar-refractivity contribution in [3.05, 3.63) is 29.8 Å². The monoisotopic (exact) mass is 238 g/mol. The summed E-state index contributed by atoms with van der Waals surface area (Å²) >= 11 is 0. The van der Waals surface area contributed by atoms with Gasteiger partial charge in [-0.05, 0) is 30.5 Å². The third-order valence-corrected chi connectivity index (χ3v) is 2.62. The highest BCUT2D eigenvalue weighted by Gasteiger charge is 2.09. The van der Waals surface area contributed by atoms with Crippen LogP contribution in [0.3, 0.4) is 0 Å². The third-order valence-electron chi connectivity index (χ3n) is 2.62. The minimum Gasteiger partial charge on any atom is -0.497 e. The molecule has 0 heterocycles. The van der Waals surface area contributed by atoms with Crippen LogP contribution >= 0.6 is 0 Å². The number of hydrazine groups is 1. The Bertz CT molecular complexity index is 301. The lowest BCUT2D eigenvalue weighted by atomic mass is 10.0. The first kappa shape index (κ1) is 14.0. The molecule has 0 saturated carbocycles. The minimum atomic E-state index is 0.123. The van der Waals surface area contributed by atoms with Crippen molar-refractivity contribution in [1.29, 1.82) is 0 Å². The van der Waals surface area contributed by atoms with Crippen LogP contribution in [0.2, 0.25) is 0 Å². The molecule has 1 rings (SSSR count). The van der Waals surface area contributed by atoms with Crippen LogP contribution in [-0.2, 0) is 4.74 Å². The quantitative estimate of drug-likeness (QED) is 0.413. The molecule has 17 heavy (non-hydrogen) atoms. The van der Waals surface area contributed by atoms with Crippen molar-refractivity contribution in [2.75, 3.05) is 20.3 Å². The van der Waals surface area contributed by atoms with Gasteiger partial charge in [-0.3, -0.25) is 11.3 Å². The van der Waals surface area contributed by atoms with Gasteiger partial charge in [-0.1, -0.05) is 19.1 Å². The third kappa shape index (κ3) is 4.73. The lowest BCUT2D eigenvalue weighted by Crippen LogP contribution is -2.29. The zero-order chi connectivity index (χ0) is 12.5. The first-order valence-corrected chi connectivity index (χ1v) is 5.99. The molecule has 0 radical (unpaired) electrons. The molecule has 0 bridgehead atoms. The number of methoxy groups -OCH3 is 1. The van der Waals surface area contributed by atoms with E-state index in [1.807, 2.05) is 24.3 Å². The lowest BCUT2D eigenvalue weighted by molar-refractivity contribution is 0.124. The van der Waals surface area contributed by atoms with Crippen molar-refractivity contribution >= 4 is 0 Å². The molecule has 1 aromatic rings. The molecule has 4 nitrogen and oxygen atoms in total. The summed E-state index contributed by atoms with van der Waals surface area (Å²) in [4.78, 5) is 0. The molecule has 0 aliphatic carbocycles. The van der Waals surface area contributed by atoms with Gasteiger partial charge in [0.05, 0.1) is 7.11 Å². The fourth-order valence-corrected chi connectivity index (χ4v) is 1.63. The summed E-state index contributed by atoms with van der Waals surface area (Å²) < 4.78 is 10.6. The largest absolute Gasteiger partial charge is 0.497 e. The van der Waals surface area contributed by atoms with Gasteiger partial charge in [0.2, 0.25) is 0 Å². The topological polar surface area (TPSA) is 56.5 Å². The van der Waals surface area contributed by atoms with Crippen molar-refractivity contribution in [1.82, 2.24) is 5.43 Å². The van der Waals surface area contributed by atoms with Crippen LogP contribution in [0.25, 0.3) is 0 Å². The molecule has 1 unspecified atom stereocenters. The van der Waals surface area contributed by atoms with Crippen LogP contribution < -0.4 is 16.0 Å². The van der Waals surface area contributed by atoms with Gasteiger partial charge in [-0.25, -0.2) is 0 Å². The predicted molar refractivity (Wildman–Crippen MR) is 68.8 cm³/mol. The van der Waals surface area contributed by atoms with E-state index in [1.165, 1.54) is 0 Å². The normalized spacial score (nSPS) is 12.4. The Morgan fingerprint density at radius 3 is 2.47 bits per heavy atom. The second kappa shape index (κ2) is 8.06. The Hall–Kier alpha value is -1.10. The standard InChI is InChI=1S/C13H22N2O2/c1-3-9-17-10-8-13(15-14)11-4-6-12(16-2)7-5-11/h4-7,13,15H,3,8-10,14H2,1-2H3. The molecule has 1 aromatic carbocycles. The molecular formula is C13H22N2O2. The number of hydrogen-bond acceptors (Lipinski definition) is 4. The van der Waals surface area contributed by atoms with Gasteiger partial charge >= 0.3 is 0 Å². The summed E-state index contributed by atoms with van der Waals surface area (Å²) in [7, 11) is 1.66. The summed E-state index contributed by atoms with van der Waals surface area (Å²) in [5.41, 5.74) is 3.96. The SMILES string of the molecule is CCCOCCC(NN)c1ccc(OC)cc1. The van der Waals surface area contributed by atoms with Crippen LogP contribution in [0.4, 0.5) is 0 Å². The molecule has 4 heteroatoms. The molecule has 0 aromatic heterocycles. The molecule has 0 aliphatic rings. The molecule has 3 N–H and O–H groups in total. The predicted octanol–water partition coefficient (Wildman–Crippen LogP) is 2.02. The van der Waals surface area contributed by atoms with Gasteiger partial charge in [0, 0.05) is 19.3 Å². The highest BCUT2D eigenvalue weighted by molar-refractivity contribution is 5.29. The van der Waals surface area contributed by atoms with Gasteiger partial charge in [-0.15, -0.1) is 0 Å². The fraction of sp³-hybridized carbons (Fsp3) is 0.538. The molecule has 0 fully saturated rings. The van der Waals surface area contributed by atoms with Gasteiger partial charge in [0.15, 0.2) is 0 Å². The van der Waals surface area contributed by atoms with Crippen molar-refractivity contribution < 1.29 is 9.47 Å². The van der Waals surface area contributed by atoms with Gasteiger partial charge in [0.1, 0.15) is 5.75 Å². The average Bonchev–Trinajstić information content (AvgIpc) is 2.39. The molecule has 96 valence electrons. The molecule has 0 saturated heterocycles. The fourth-order valence-electron chi connectivity index (χ4n) is 1.63. The average molecular weight is 238 g/mol. The highest BCUT2D eigenvalue weighted by atomic mass is 16.5. The summed E-state index contributed by atoms with van der Waals surface area (Å²) in [5.74, 6) is 6.41. The first-order valence-electron chi connectivity index (χ1n) is 5.99. The summed E-state index contributed by atoms with van der Waals surface area (Å²) in [5, 5.41) is 0. The van der Waals surface area contributed by atoms with Crippen molar-refractivity contribution in [2.24, 2.45) is 5.84 Å². The van der Waals surface area contributed by atoms with Crippen LogP contribution in [0.1, 0.15) is 31.4 Å². The lowest BCUT2D eigenvalue weighted by Gasteiger charge is -2.16. The molecular weight excluding hydrogens is 216 g/mol. The maximum atomic E-state index is 5.55. The van der Waals surface area contributed by atoms with E-state index in [1.54, 1.807) is 7.11 Å². The summed E-state index contributed by atoms with van der Waals surface area (Å²) in [6.07, 6.45) is 1.91. The number of rotatable bonds is 8. The number of nitrogens with one attached hydrogen (secondary N) is 1. The second-order valence-electron chi connectivity index (χ2n) is 3.89. The van der Waals surface area contributed by atoms with Crippen molar-refractivity contribution in [3.8, 4) is 5.75 Å². The summed E-state index contributed by atoms with van der Waals surface area (Å²) in [6, 6.07) is 8.03. The number of nitrogens with two attached hydrogens (primary N) is 1. The van der Waals surface area contributed by atoms with E-state index in [0.29, 0.717) is 6.61 Å². The van der Waals surface area contributed by atoms with E-state index in [2.05, 4.69) is 12.3 Å². The second-order valence-corrected chi connectivity index (χ2v) is 3.89. The first-order chi connectivity index (χ1) is 8.31. The zero-order valence-corrected chi connectivity index (χ0v) is 10.6. The molecule has 0 amide bonds. The highest BCUT2D eigenvalue weighted by Crippen LogP contribution is 2.19. The van der Waals surface area contributed by atoms with E-state index in [9.17, 15) is 0 Å². The summed E-state index contributed by atoms with van der Waals surface area (Å²) in [6.45, 7) is 3.62. The zero-order valence-electron chi connectivity index (χ0n) is 10.6. The van der Waals surface area contributed by atoms with Crippen LogP contribution in [0.5, 0.6) is 5.75 Å². The molecule has 1 atom stereocenters. The number of hydrogen-bond donors (Lipinski definition) is 2. The molecule has 0 aliphatic heterocycles. The maximum Gasteiger partial charge on any atom is 0.118 e. The van der Waals surface area contributed by atoms with Crippen LogP contribution in [-0.4, -0.2) is 20.3 Å². The molecule has 0 spiro atoms. The Labute approximate surface area is 103 Å². The van der Waals surface area contributed by atoms with E-state index >= 15 is 0 Å². The van der Waals surface area contributed by atoms with Crippen LogP contribution in [0.15, 0.2) is 24.3 Å². The van der Waals surface area contributed by atoms with Gasteiger partial charge in [-0.2, -0.15) is 0 Å². The minimum absolute atomic E-state index is 0.123. The maximum absolute atomic E-state index is 5.55. The van der Waals surface area contributed by atoms with E-state index < -0.39 is 0 Å². The Morgan fingerprint density at radius 1 is 1.24 bits per heavy atom. The number of ether oxygens (including phenoxy) is 2. The van der Waals surface area contributed by atoms with Gasteiger partial charge in [0.25, 0.3) is 0 Å². The Morgan fingerprint density at radius 2 is 1.94 bits per heavy atom. The number of benzene rings is 1. The van der Waals surface area contributed by atoms with Crippen molar-refractivity contribution in [3.63, 3.8) is 0 Å².